The highest BCUT2D eigenvalue weighted by molar-refractivity contribution is 5.86. The lowest BCUT2D eigenvalue weighted by Crippen LogP contribution is -2.46. The summed E-state index contributed by atoms with van der Waals surface area (Å²) in [5.74, 6) is 1.59. The van der Waals surface area contributed by atoms with Gasteiger partial charge in [0.1, 0.15) is 11.4 Å². The van der Waals surface area contributed by atoms with Crippen LogP contribution in [0.1, 0.15) is 24.0 Å². The number of tetrazole rings is 1. The zero-order valence-corrected chi connectivity index (χ0v) is 15.2. The molecule has 1 spiro atoms. The van der Waals surface area contributed by atoms with Gasteiger partial charge in [-0.25, -0.2) is 0 Å². The number of aryl methyl sites for hydroxylation is 1. The summed E-state index contributed by atoms with van der Waals surface area (Å²) in [6, 6.07) is 16.6. The number of nitrogens with zero attached hydrogens (tertiary/aromatic N) is 4. The lowest BCUT2D eigenvalue weighted by Gasteiger charge is -2.40. The van der Waals surface area contributed by atoms with Crippen molar-refractivity contribution in [1.82, 2.24) is 25.5 Å². The molecular weight excluding hydrogens is 338 g/mol. The molecule has 2 aliphatic rings. The van der Waals surface area contributed by atoms with Crippen LogP contribution < -0.4 is 10.1 Å². The summed E-state index contributed by atoms with van der Waals surface area (Å²) in [6.07, 6.45) is 4.26. The Hall–Kier alpha value is -2.99. The molecule has 0 radical (unpaired) electrons. The molecule has 3 aromatic rings. The topological polar surface area (TPSA) is 64.9 Å². The van der Waals surface area contributed by atoms with Crippen molar-refractivity contribution in [3.05, 3.63) is 65.7 Å². The fourth-order valence-electron chi connectivity index (χ4n) is 3.93. The monoisotopic (exact) mass is 359 g/mol. The number of aromatic nitrogens is 4. The first-order valence-electron chi connectivity index (χ1n) is 9.29. The van der Waals surface area contributed by atoms with Gasteiger partial charge in [-0.05, 0) is 47.6 Å². The van der Waals surface area contributed by atoms with Crippen molar-refractivity contribution in [3.63, 3.8) is 0 Å². The van der Waals surface area contributed by atoms with Gasteiger partial charge in [0.2, 0.25) is 5.82 Å². The van der Waals surface area contributed by atoms with Crippen LogP contribution in [0.2, 0.25) is 0 Å². The Morgan fingerprint density at radius 1 is 1.04 bits per heavy atom. The second kappa shape index (κ2) is 6.32. The summed E-state index contributed by atoms with van der Waals surface area (Å²) in [6.45, 7) is 1.94. The maximum Gasteiger partial charge on any atom is 0.204 e. The molecule has 6 heteroatoms. The van der Waals surface area contributed by atoms with E-state index in [0.717, 1.165) is 48.4 Å². The third-order valence-electron chi connectivity index (χ3n) is 5.29. The largest absolute Gasteiger partial charge is 0.482 e. The van der Waals surface area contributed by atoms with Gasteiger partial charge < -0.3 is 10.1 Å². The summed E-state index contributed by atoms with van der Waals surface area (Å²) < 4.78 is 6.48. The first-order valence-corrected chi connectivity index (χ1v) is 9.29. The van der Waals surface area contributed by atoms with Crippen LogP contribution >= 0.6 is 0 Å². The van der Waals surface area contributed by atoms with Gasteiger partial charge in [-0.1, -0.05) is 36.4 Å². The minimum Gasteiger partial charge on any atom is -0.482 e. The highest BCUT2D eigenvalue weighted by atomic mass is 16.5. The highest BCUT2D eigenvalue weighted by Crippen LogP contribution is 2.42. The molecule has 0 aliphatic carbocycles. The third-order valence-corrected chi connectivity index (χ3v) is 5.29. The van der Waals surface area contributed by atoms with Crippen molar-refractivity contribution in [2.24, 2.45) is 7.05 Å². The SMILES string of the molecule is Cn1nnc(-c2cccc(C3=CC4(CCNCC4)Oc4ccccc43)c2)n1. The summed E-state index contributed by atoms with van der Waals surface area (Å²) >= 11 is 0. The molecule has 1 saturated heterocycles. The van der Waals surface area contributed by atoms with E-state index in [-0.39, 0.29) is 5.60 Å². The zero-order chi connectivity index (χ0) is 18.3. The van der Waals surface area contributed by atoms with Crippen LogP contribution in [0.15, 0.2) is 54.6 Å². The van der Waals surface area contributed by atoms with Crippen molar-refractivity contribution in [1.29, 1.82) is 0 Å². The van der Waals surface area contributed by atoms with E-state index in [1.165, 1.54) is 10.4 Å². The molecule has 2 aliphatic heterocycles. The first-order chi connectivity index (χ1) is 13.2. The van der Waals surface area contributed by atoms with E-state index in [1.54, 1.807) is 7.05 Å². The van der Waals surface area contributed by atoms with E-state index < -0.39 is 0 Å². The number of para-hydroxylation sites is 1. The molecule has 1 aromatic heterocycles. The molecule has 0 atom stereocenters. The summed E-state index contributed by atoms with van der Waals surface area (Å²) in [4.78, 5) is 1.48. The first kappa shape index (κ1) is 16.2. The molecule has 5 rings (SSSR count). The van der Waals surface area contributed by atoms with Crippen molar-refractivity contribution >= 4 is 5.57 Å². The Bertz CT molecular complexity index is 1020. The van der Waals surface area contributed by atoms with E-state index in [1.807, 2.05) is 12.1 Å². The number of fused-ring (bicyclic) bond motifs is 1. The van der Waals surface area contributed by atoms with Gasteiger partial charge in [0, 0.05) is 24.0 Å². The van der Waals surface area contributed by atoms with Crippen LogP contribution in [0.25, 0.3) is 17.0 Å². The Labute approximate surface area is 157 Å². The van der Waals surface area contributed by atoms with E-state index in [0.29, 0.717) is 5.82 Å². The van der Waals surface area contributed by atoms with Gasteiger partial charge in [0.15, 0.2) is 0 Å². The van der Waals surface area contributed by atoms with Crippen LogP contribution in [-0.4, -0.2) is 38.9 Å². The van der Waals surface area contributed by atoms with Crippen molar-refractivity contribution in [2.75, 3.05) is 13.1 Å². The number of hydrogen-bond acceptors (Lipinski definition) is 5. The van der Waals surface area contributed by atoms with Gasteiger partial charge in [-0.3, -0.25) is 0 Å². The molecule has 0 saturated carbocycles. The average Bonchev–Trinajstić information content (AvgIpc) is 3.14. The predicted octanol–water partition coefficient (Wildman–Crippen LogP) is 2.82. The number of nitrogens with one attached hydrogen (secondary N) is 1. The molecule has 0 bridgehead atoms. The Morgan fingerprint density at radius 2 is 1.85 bits per heavy atom. The summed E-state index contributed by atoms with van der Waals surface area (Å²) in [7, 11) is 1.78. The van der Waals surface area contributed by atoms with E-state index >= 15 is 0 Å². The van der Waals surface area contributed by atoms with Gasteiger partial charge in [-0.2, -0.15) is 4.80 Å². The molecule has 2 aromatic carbocycles. The highest BCUT2D eigenvalue weighted by Gasteiger charge is 2.36. The van der Waals surface area contributed by atoms with Crippen molar-refractivity contribution in [3.8, 4) is 17.1 Å². The average molecular weight is 359 g/mol. The van der Waals surface area contributed by atoms with E-state index in [9.17, 15) is 0 Å². The van der Waals surface area contributed by atoms with Crippen LogP contribution in [-0.2, 0) is 7.05 Å². The summed E-state index contributed by atoms with van der Waals surface area (Å²) in [5, 5.41) is 15.9. The van der Waals surface area contributed by atoms with E-state index in [2.05, 4.69) is 63.2 Å². The van der Waals surface area contributed by atoms with Gasteiger partial charge in [0.25, 0.3) is 0 Å². The van der Waals surface area contributed by atoms with Gasteiger partial charge in [0.05, 0.1) is 7.05 Å². The third kappa shape index (κ3) is 2.92. The maximum atomic E-state index is 6.48. The molecule has 3 heterocycles. The Morgan fingerprint density at radius 3 is 2.67 bits per heavy atom. The van der Waals surface area contributed by atoms with Crippen LogP contribution in [0, 0.1) is 0 Å². The Balaban J connectivity index is 1.63. The molecule has 27 heavy (non-hydrogen) atoms. The van der Waals surface area contributed by atoms with Gasteiger partial charge in [-0.15, -0.1) is 10.2 Å². The standard InChI is InChI=1S/C21H21N5O/c1-26-24-20(23-25-26)16-6-4-5-15(13-16)18-14-21(9-11-22-12-10-21)27-19-8-3-2-7-17(18)19/h2-8,13-14,22H,9-12H2,1H3. The molecule has 6 nitrogen and oxygen atoms in total. The Kier molecular flexibility index (Phi) is 3.79. The second-order valence-electron chi connectivity index (χ2n) is 7.15. The molecule has 0 unspecified atom stereocenters. The fourth-order valence-corrected chi connectivity index (χ4v) is 3.93. The molecule has 1 N–H and O–H groups in total. The molecule has 0 amide bonds. The lowest BCUT2D eigenvalue weighted by atomic mass is 9.83. The molecule has 136 valence electrons. The van der Waals surface area contributed by atoms with Crippen molar-refractivity contribution < 1.29 is 4.74 Å². The van der Waals surface area contributed by atoms with Gasteiger partial charge >= 0.3 is 0 Å². The summed E-state index contributed by atoms with van der Waals surface area (Å²) in [5.41, 5.74) is 4.21. The number of hydrogen-bond donors (Lipinski definition) is 1. The fraction of sp³-hybridized carbons (Fsp3) is 0.286. The van der Waals surface area contributed by atoms with Crippen LogP contribution in [0.4, 0.5) is 0 Å². The quantitative estimate of drug-likeness (QED) is 0.762. The van der Waals surface area contributed by atoms with Crippen LogP contribution in [0.5, 0.6) is 5.75 Å². The normalized spacial score (nSPS) is 17.9. The lowest BCUT2D eigenvalue weighted by molar-refractivity contribution is 0.0817. The van der Waals surface area contributed by atoms with E-state index in [4.69, 9.17) is 4.74 Å². The smallest absolute Gasteiger partial charge is 0.204 e. The molecule has 1 fully saturated rings. The predicted molar refractivity (Wildman–Crippen MR) is 103 cm³/mol. The number of piperidine rings is 1. The minimum absolute atomic E-state index is 0.240. The number of benzene rings is 2. The number of rotatable bonds is 2. The minimum atomic E-state index is -0.240. The number of ether oxygens (including phenoxy) is 1. The van der Waals surface area contributed by atoms with Crippen LogP contribution in [0.3, 0.4) is 0 Å². The molecular formula is C21H21N5O. The van der Waals surface area contributed by atoms with Crippen molar-refractivity contribution in [2.45, 2.75) is 18.4 Å². The maximum absolute atomic E-state index is 6.48. The second-order valence-corrected chi connectivity index (χ2v) is 7.15. The zero-order valence-electron chi connectivity index (χ0n) is 15.2.